The van der Waals surface area contributed by atoms with E-state index in [1.54, 1.807) is 6.07 Å². The quantitative estimate of drug-likeness (QED) is 0.797. The van der Waals surface area contributed by atoms with Gasteiger partial charge in [0, 0.05) is 31.4 Å². The first-order valence-electron chi connectivity index (χ1n) is 4.71. The van der Waals surface area contributed by atoms with Gasteiger partial charge in [-0.1, -0.05) is 6.07 Å². The maximum atomic E-state index is 13.6. The molecule has 0 saturated heterocycles. The Morgan fingerprint density at radius 2 is 2.00 bits per heavy atom. The first kappa shape index (κ1) is 11.0. The van der Waals surface area contributed by atoms with Crippen LogP contribution in [-0.2, 0) is 0 Å². The lowest BCUT2D eigenvalue weighted by molar-refractivity contribution is 0.562. The summed E-state index contributed by atoms with van der Waals surface area (Å²) in [5.74, 6) is -0.155. The first-order chi connectivity index (χ1) is 6.57. The second-order valence-corrected chi connectivity index (χ2v) is 3.58. The van der Waals surface area contributed by atoms with Crippen molar-refractivity contribution in [1.29, 1.82) is 0 Å². The summed E-state index contributed by atoms with van der Waals surface area (Å²) in [5, 5.41) is 3.05. The maximum Gasteiger partial charge on any atom is 0.130 e. The van der Waals surface area contributed by atoms with E-state index in [0.717, 1.165) is 11.3 Å². The number of nitrogens with one attached hydrogen (secondary N) is 1. The topological polar surface area (TPSA) is 15.3 Å². The molecule has 1 atom stereocenters. The van der Waals surface area contributed by atoms with Crippen LogP contribution in [0.2, 0.25) is 0 Å². The zero-order valence-corrected chi connectivity index (χ0v) is 9.13. The van der Waals surface area contributed by atoms with E-state index in [1.807, 2.05) is 39.0 Å². The molecule has 2 nitrogen and oxygen atoms in total. The van der Waals surface area contributed by atoms with E-state index in [2.05, 4.69) is 5.32 Å². The van der Waals surface area contributed by atoms with Crippen molar-refractivity contribution in [2.45, 2.75) is 13.0 Å². The minimum Gasteiger partial charge on any atom is -0.377 e. The van der Waals surface area contributed by atoms with E-state index in [4.69, 9.17) is 0 Å². The van der Waals surface area contributed by atoms with Crippen LogP contribution in [0.4, 0.5) is 10.1 Å². The van der Waals surface area contributed by atoms with Gasteiger partial charge in [0.2, 0.25) is 0 Å². The van der Waals surface area contributed by atoms with Crippen molar-refractivity contribution in [2.75, 3.05) is 26.0 Å². The highest BCUT2D eigenvalue weighted by molar-refractivity contribution is 5.54. The van der Waals surface area contributed by atoms with E-state index in [-0.39, 0.29) is 11.9 Å². The van der Waals surface area contributed by atoms with Gasteiger partial charge in [-0.2, -0.15) is 0 Å². The van der Waals surface area contributed by atoms with Gasteiger partial charge in [0.05, 0.1) is 0 Å². The van der Waals surface area contributed by atoms with Gasteiger partial charge >= 0.3 is 0 Å². The van der Waals surface area contributed by atoms with Crippen LogP contribution in [0.15, 0.2) is 18.2 Å². The predicted molar refractivity (Wildman–Crippen MR) is 58.2 cm³/mol. The summed E-state index contributed by atoms with van der Waals surface area (Å²) in [5.41, 5.74) is 1.65. The van der Waals surface area contributed by atoms with Gasteiger partial charge in [-0.15, -0.1) is 0 Å². The summed E-state index contributed by atoms with van der Waals surface area (Å²) in [6, 6.07) is 5.17. The van der Waals surface area contributed by atoms with Crippen molar-refractivity contribution in [3.05, 3.63) is 29.6 Å². The molecule has 0 aliphatic rings. The maximum absolute atomic E-state index is 13.6. The van der Waals surface area contributed by atoms with Crippen molar-refractivity contribution in [1.82, 2.24) is 5.32 Å². The Morgan fingerprint density at radius 3 is 2.50 bits per heavy atom. The number of benzene rings is 1. The van der Waals surface area contributed by atoms with E-state index in [1.165, 1.54) is 6.07 Å². The Morgan fingerprint density at radius 1 is 1.36 bits per heavy atom. The Balaban J connectivity index is 3.22. The van der Waals surface area contributed by atoms with Gasteiger partial charge in [-0.3, -0.25) is 0 Å². The summed E-state index contributed by atoms with van der Waals surface area (Å²) >= 11 is 0. The number of hydrogen-bond donors (Lipinski definition) is 1. The minimum atomic E-state index is -0.155. The molecule has 0 saturated carbocycles. The van der Waals surface area contributed by atoms with Crippen LogP contribution in [0.5, 0.6) is 0 Å². The number of hydrogen-bond acceptors (Lipinski definition) is 2. The van der Waals surface area contributed by atoms with E-state index < -0.39 is 0 Å². The lowest BCUT2D eigenvalue weighted by Gasteiger charge is -2.21. The van der Waals surface area contributed by atoms with Gasteiger partial charge in [0.1, 0.15) is 5.82 Å². The summed E-state index contributed by atoms with van der Waals surface area (Å²) in [7, 11) is 5.66. The Hall–Kier alpha value is -1.09. The molecule has 1 aromatic rings. The van der Waals surface area contributed by atoms with Crippen LogP contribution in [0.1, 0.15) is 18.5 Å². The van der Waals surface area contributed by atoms with Crippen molar-refractivity contribution in [3.63, 3.8) is 0 Å². The summed E-state index contributed by atoms with van der Waals surface area (Å²) in [6.45, 7) is 1.95. The molecule has 0 heterocycles. The van der Waals surface area contributed by atoms with Gasteiger partial charge in [0.15, 0.2) is 0 Å². The number of halogens is 1. The fourth-order valence-corrected chi connectivity index (χ4v) is 1.49. The third kappa shape index (κ3) is 2.04. The lowest BCUT2D eigenvalue weighted by Crippen LogP contribution is -2.19. The van der Waals surface area contributed by atoms with Crippen LogP contribution in [-0.4, -0.2) is 21.1 Å². The molecule has 0 amide bonds. The van der Waals surface area contributed by atoms with E-state index in [0.29, 0.717) is 0 Å². The standard InChI is InChI=1S/C11H17FN2/c1-8(13-2)11-9(12)6-5-7-10(11)14(3)4/h5-8,13H,1-4H3. The fraction of sp³-hybridized carbons (Fsp3) is 0.455. The molecule has 14 heavy (non-hydrogen) atoms. The summed E-state index contributed by atoms with van der Waals surface area (Å²) < 4.78 is 13.6. The molecule has 1 N–H and O–H groups in total. The average Bonchev–Trinajstić information content (AvgIpc) is 2.16. The Kier molecular flexibility index (Phi) is 3.47. The second kappa shape index (κ2) is 4.42. The van der Waals surface area contributed by atoms with Crippen LogP contribution < -0.4 is 10.2 Å². The zero-order valence-electron chi connectivity index (χ0n) is 9.13. The molecule has 3 heteroatoms. The highest BCUT2D eigenvalue weighted by atomic mass is 19.1. The molecule has 0 aliphatic heterocycles. The highest BCUT2D eigenvalue weighted by Crippen LogP contribution is 2.27. The highest BCUT2D eigenvalue weighted by Gasteiger charge is 2.14. The Labute approximate surface area is 84.7 Å². The monoisotopic (exact) mass is 196 g/mol. The molecule has 1 rings (SSSR count). The molecule has 0 bridgehead atoms. The smallest absolute Gasteiger partial charge is 0.130 e. The Bertz CT molecular complexity index is 310. The van der Waals surface area contributed by atoms with Gasteiger partial charge in [0.25, 0.3) is 0 Å². The largest absolute Gasteiger partial charge is 0.377 e. The van der Waals surface area contributed by atoms with Crippen LogP contribution in [0.25, 0.3) is 0 Å². The molecule has 0 aliphatic carbocycles. The molecule has 0 radical (unpaired) electrons. The second-order valence-electron chi connectivity index (χ2n) is 3.58. The molecule has 78 valence electrons. The molecule has 1 unspecified atom stereocenters. The van der Waals surface area contributed by atoms with E-state index in [9.17, 15) is 4.39 Å². The molecular weight excluding hydrogens is 179 g/mol. The molecule has 1 aromatic carbocycles. The number of rotatable bonds is 3. The third-order valence-electron chi connectivity index (χ3n) is 2.38. The predicted octanol–water partition coefficient (Wildman–Crippen LogP) is 2.17. The first-order valence-corrected chi connectivity index (χ1v) is 4.71. The average molecular weight is 196 g/mol. The SMILES string of the molecule is CNC(C)c1c(F)cccc1N(C)C. The van der Waals surface area contributed by atoms with Crippen molar-refractivity contribution < 1.29 is 4.39 Å². The van der Waals surface area contributed by atoms with Crippen LogP contribution in [0.3, 0.4) is 0 Å². The van der Waals surface area contributed by atoms with Crippen molar-refractivity contribution in [3.8, 4) is 0 Å². The molecule has 0 fully saturated rings. The van der Waals surface area contributed by atoms with Gasteiger partial charge in [-0.25, -0.2) is 4.39 Å². The summed E-state index contributed by atoms with van der Waals surface area (Å²) in [4.78, 5) is 1.92. The minimum absolute atomic E-state index is 0.0219. The molecule has 0 spiro atoms. The van der Waals surface area contributed by atoms with Crippen LogP contribution >= 0.6 is 0 Å². The fourth-order valence-electron chi connectivity index (χ4n) is 1.49. The lowest BCUT2D eigenvalue weighted by atomic mass is 10.0. The van der Waals surface area contributed by atoms with Gasteiger partial charge in [-0.05, 0) is 26.1 Å². The molecular formula is C11H17FN2. The van der Waals surface area contributed by atoms with Gasteiger partial charge < -0.3 is 10.2 Å². The normalized spacial score (nSPS) is 12.6. The molecule has 0 aromatic heterocycles. The van der Waals surface area contributed by atoms with E-state index >= 15 is 0 Å². The zero-order chi connectivity index (χ0) is 10.7. The number of anilines is 1. The van der Waals surface area contributed by atoms with Crippen molar-refractivity contribution >= 4 is 5.69 Å². The van der Waals surface area contributed by atoms with Crippen LogP contribution in [0, 0.1) is 5.82 Å². The third-order valence-corrected chi connectivity index (χ3v) is 2.38. The van der Waals surface area contributed by atoms with Crippen molar-refractivity contribution in [2.24, 2.45) is 0 Å². The number of nitrogens with zero attached hydrogens (tertiary/aromatic N) is 1. The summed E-state index contributed by atoms with van der Waals surface area (Å²) in [6.07, 6.45) is 0.